The van der Waals surface area contributed by atoms with Gasteiger partial charge in [-0.15, -0.1) is 0 Å². The van der Waals surface area contributed by atoms with Crippen LogP contribution in [0.25, 0.3) is 0 Å². The molecule has 2 aromatic rings. The van der Waals surface area contributed by atoms with Crippen LogP contribution in [0.4, 0.5) is 13.6 Å². The Morgan fingerprint density at radius 3 is 2.19 bits per heavy atom. The molecule has 10 heteroatoms. The lowest BCUT2D eigenvalue weighted by Gasteiger charge is -2.23. The molecule has 0 saturated heterocycles. The van der Waals surface area contributed by atoms with Crippen LogP contribution < -0.4 is 9.47 Å². The van der Waals surface area contributed by atoms with E-state index < -0.39 is 30.7 Å². The van der Waals surface area contributed by atoms with Gasteiger partial charge >= 0.3 is 12.1 Å². The summed E-state index contributed by atoms with van der Waals surface area (Å²) < 4.78 is 48.3. The number of carboxylic acids is 1. The maximum atomic E-state index is 13.4. The molecule has 0 saturated carbocycles. The van der Waals surface area contributed by atoms with Gasteiger partial charge in [0, 0.05) is 26.0 Å². The van der Waals surface area contributed by atoms with E-state index in [1.165, 1.54) is 11.8 Å². The highest BCUT2D eigenvalue weighted by molar-refractivity contribution is 5.72. The molecule has 1 N–H and O–H groups in total. The third kappa shape index (κ3) is 11.1. The second kappa shape index (κ2) is 15.1. The topological polar surface area (TPSA) is 94.5 Å². The van der Waals surface area contributed by atoms with Crippen molar-refractivity contribution in [1.29, 1.82) is 0 Å². The number of aliphatic carboxylic acids is 1. The molecule has 0 heterocycles. The number of aryl methyl sites for hydroxylation is 1. The molecular formula is C27H35F2NO7. The van der Waals surface area contributed by atoms with Crippen molar-refractivity contribution in [2.75, 3.05) is 39.5 Å². The highest BCUT2D eigenvalue weighted by Gasteiger charge is 2.26. The Hall–Kier alpha value is -3.24. The summed E-state index contributed by atoms with van der Waals surface area (Å²) in [6.45, 7) is 4.80. The van der Waals surface area contributed by atoms with Crippen LogP contribution >= 0.6 is 0 Å². The number of rotatable bonds is 16. The molecule has 0 spiro atoms. The summed E-state index contributed by atoms with van der Waals surface area (Å²) in [7, 11) is 0. The monoisotopic (exact) mass is 523 g/mol. The number of nitrogens with zero attached hydrogens (tertiary/aromatic N) is 1. The summed E-state index contributed by atoms with van der Waals surface area (Å²) in [5, 5.41) is 9.23. The predicted octanol–water partition coefficient (Wildman–Crippen LogP) is 4.97. The molecule has 0 aromatic heterocycles. The zero-order valence-corrected chi connectivity index (χ0v) is 21.5. The molecular weight excluding hydrogens is 488 g/mol. The smallest absolute Gasteiger partial charge is 0.415 e. The number of benzene rings is 2. The SMILES string of the molecule is CCOC(Cc1ccc(OCCN(CCOCC(F)(F)CC)C(=O)Oc2ccc(C)cc2)cc1)C(=O)O. The van der Waals surface area contributed by atoms with Gasteiger partial charge in [-0.2, -0.15) is 0 Å². The average molecular weight is 524 g/mol. The van der Waals surface area contributed by atoms with Crippen molar-refractivity contribution in [2.45, 2.75) is 45.6 Å². The van der Waals surface area contributed by atoms with E-state index in [-0.39, 0.29) is 39.1 Å². The lowest BCUT2D eigenvalue weighted by atomic mass is 10.1. The van der Waals surface area contributed by atoms with Gasteiger partial charge in [0.2, 0.25) is 0 Å². The van der Waals surface area contributed by atoms with Gasteiger partial charge in [-0.25, -0.2) is 18.4 Å². The predicted molar refractivity (Wildman–Crippen MR) is 134 cm³/mol. The van der Waals surface area contributed by atoms with Crippen LogP contribution in [0, 0.1) is 6.92 Å². The van der Waals surface area contributed by atoms with Crippen LogP contribution in [0.3, 0.4) is 0 Å². The number of alkyl halides is 2. The fraction of sp³-hybridized carbons (Fsp3) is 0.481. The number of carboxylic acid groups (broad SMARTS) is 1. The van der Waals surface area contributed by atoms with Crippen molar-refractivity contribution in [3.63, 3.8) is 0 Å². The Labute approximate surface area is 216 Å². The van der Waals surface area contributed by atoms with Gasteiger partial charge < -0.3 is 29.0 Å². The van der Waals surface area contributed by atoms with Gasteiger partial charge in [0.05, 0.1) is 13.2 Å². The Balaban J connectivity index is 1.93. The number of amides is 1. The first kappa shape index (κ1) is 30.0. The number of hydrogen-bond acceptors (Lipinski definition) is 6. The third-order valence-corrected chi connectivity index (χ3v) is 5.44. The zero-order chi connectivity index (χ0) is 27.3. The summed E-state index contributed by atoms with van der Waals surface area (Å²) in [6, 6.07) is 13.8. The lowest BCUT2D eigenvalue weighted by Crippen LogP contribution is -2.39. The van der Waals surface area contributed by atoms with E-state index in [2.05, 4.69) is 0 Å². The van der Waals surface area contributed by atoms with Crippen molar-refractivity contribution in [2.24, 2.45) is 0 Å². The standard InChI is InChI=1S/C27H35F2NO7/c1-4-27(28,29)19-34-16-14-30(26(33)37-23-10-6-20(3)7-11-23)15-17-36-22-12-8-21(9-13-22)18-24(25(31)32)35-5-2/h6-13,24H,4-5,14-19H2,1-3H3,(H,31,32). The molecule has 8 nitrogen and oxygen atoms in total. The molecule has 1 amide bonds. The Kier molecular flexibility index (Phi) is 12.2. The molecule has 0 aliphatic heterocycles. The fourth-order valence-corrected chi connectivity index (χ4v) is 3.19. The molecule has 0 aliphatic rings. The highest BCUT2D eigenvalue weighted by atomic mass is 19.3. The molecule has 2 rings (SSSR count). The van der Waals surface area contributed by atoms with Crippen molar-refractivity contribution >= 4 is 12.1 Å². The minimum Gasteiger partial charge on any atom is -0.492 e. The van der Waals surface area contributed by atoms with Gasteiger partial charge in [-0.1, -0.05) is 36.8 Å². The summed E-state index contributed by atoms with van der Waals surface area (Å²) in [5.41, 5.74) is 1.79. The summed E-state index contributed by atoms with van der Waals surface area (Å²) >= 11 is 0. The fourth-order valence-electron chi connectivity index (χ4n) is 3.19. The quantitative estimate of drug-likeness (QED) is 0.311. The third-order valence-electron chi connectivity index (χ3n) is 5.44. The van der Waals surface area contributed by atoms with Crippen molar-refractivity contribution in [1.82, 2.24) is 4.90 Å². The summed E-state index contributed by atoms with van der Waals surface area (Å²) in [4.78, 5) is 25.3. The van der Waals surface area contributed by atoms with E-state index in [1.54, 1.807) is 43.3 Å². The molecule has 0 fully saturated rings. The van der Waals surface area contributed by atoms with Gasteiger partial charge in [0.15, 0.2) is 6.10 Å². The first-order chi connectivity index (χ1) is 17.6. The zero-order valence-electron chi connectivity index (χ0n) is 21.5. The lowest BCUT2D eigenvalue weighted by molar-refractivity contribution is -0.149. The van der Waals surface area contributed by atoms with Gasteiger partial charge in [0.1, 0.15) is 24.7 Å². The Bertz CT molecular complexity index is 968. The molecule has 2 aromatic carbocycles. The normalized spacial score (nSPS) is 12.1. The van der Waals surface area contributed by atoms with Crippen molar-refractivity contribution in [3.8, 4) is 11.5 Å². The van der Waals surface area contributed by atoms with E-state index >= 15 is 0 Å². The van der Waals surface area contributed by atoms with E-state index in [4.69, 9.17) is 18.9 Å². The van der Waals surface area contributed by atoms with Crippen LogP contribution in [0.2, 0.25) is 0 Å². The molecule has 1 atom stereocenters. The maximum Gasteiger partial charge on any atom is 0.415 e. The number of carbonyl (C=O) groups excluding carboxylic acids is 1. The largest absolute Gasteiger partial charge is 0.492 e. The van der Waals surface area contributed by atoms with Gasteiger partial charge in [-0.3, -0.25) is 0 Å². The summed E-state index contributed by atoms with van der Waals surface area (Å²) in [5.74, 6) is -3.06. The number of halogens is 2. The minimum absolute atomic E-state index is 0.0425. The van der Waals surface area contributed by atoms with Crippen LogP contribution in [0.5, 0.6) is 11.5 Å². The molecule has 0 radical (unpaired) electrons. The molecule has 204 valence electrons. The molecule has 1 unspecified atom stereocenters. The van der Waals surface area contributed by atoms with Gasteiger partial charge in [0.25, 0.3) is 5.92 Å². The number of carbonyl (C=O) groups is 2. The highest BCUT2D eigenvalue weighted by Crippen LogP contribution is 2.18. The molecule has 37 heavy (non-hydrogen) atoms. The Morgan fingerprint density at radius 1 is 0.973 bits per heavy atom. The number of hydrogen-bond donors (Lipinski definition) is 1. The van der Waals surface area contributed by atoms with E-state index in [0.29, 0.717) is 18.1 Å². The van der Waals surface area contributed by atoms with Crippen LogP contribution in [0.1, 0.15) is 31.4 Å². The first-order valence-corrected chi connectivity index (χ1v) is 12.2. The second-order valence-electron chi connectivity index (χ2n) is 8.41. The van der Waals surface area contributed by atoms with E-state index in [1.807, 2.05) is 19.1 Å². The molecule has 0 aliphatic carbocycles. The van der Waals surface area contributed by atoms with E-state index in [9.17, 15) is 23.5 Å². The van der Waals surface area contributed by atoms with Crippen LogP contribution in [-0.4, -0.2) is 73.6 Å². The van der Waals surface area contributed by atoms with Crippen molar-refractivity contribution in [3.05, 3.63) is 59.7 Å². The second-order valence-corrected chi connectivity index (χ2v) is 8.41. The first-order valence-electron chi connectivity index (χ1n) is 12.2. The Morgan fingerprint density at radius 2 is 1.59 bits per heavy atom. The molecule has 0 bridgehead atoms. The average Bonchev–Trinajstić information content (AvgIpc) is 2.87. The maximum absolute atomic E-state index is 13.4. The van der Waals surface area contributed by atoms with Crippen LogP contribution in [0.15, 0.2) is 48.5 Å². The van der Waals surface area contributed by atoms with Crippen LogP contribution in [-0.2, 0) is 20.7 Å². The van der Waals surface area contributed by atoms with E-state index in [0.717, 1.165) is 11.1 Å². The van der Waals surface area contributed by atoms with Gasteiger partial charge in [-0.05, 0) is 43.7 Å². The van der Waals surface area contributed by atoms with Crippen molar-refractivity contribution < 1.29 is 42.4 Å². The number of ether oxygens (including phenoxy) is 4. The minimum atomic E-state index is -2.92. The summed E-state index contributed by atoms with van der Waals surface area (Å²) in [6.07, 6.45) is -1.69.